The number of likely N-dealkylation sites (N-methyl/N-ethyl adjacent to an activating group) is 1. The molecule has 1 saturated heterocycles. The van der Waals surface area contributed by atoms with E-state index in [-0.39, 0.29) is 11.9 Å². The molecule has 0 bridgehead atoms. The van der Waals surface area contributed by atoms with Crippen LogP contribution >= 0.6 is 0 Å². The van der Waals surface area contributed by atoms with Gasteiger partial charge in [-0.25, -0.2) is 0 Å². The largest absolute Gasteiger partial charge is 0.361 e. The summed E-state index contributed by atoms with van der Waals surface area (Å²) >= 11 is 0. The van der Waals surface area contributed by atoms with E-state index in [1.165, 1.54) is 40.4 Å². The number of rotatable bonds is 5. The summed E-state index contributed by atoms with van der Waals surface area (Å²) < 4.78 is 0. The molecule has 0 saturated carbocycles. The van der Waals surface area contributed by atoms with Gasteiger partial charge in [-0.05, 0) is 67.6 Å². The third kappa shape index (κ3) is 3.43. The van der Waals surface area contributed by atoms with Gasteiger partial charge < -0.3 is 15.2 Å². The number of hydrogen-bond donors (Lipinski definition) is 2. The molecule has 30 heavy (non-hydrogen) atoms. The molecule has 1 amide bonds. The van der Waals surface area contributed by atoms with Crippen LogP contribution in [0.15, 0.2) is 48.7 Å². The third-order valence-corrected chi connectivity index (χ3v) is 7.05. The maximum Gasteiger partial charge on any atom is 0.251 e. The highest BCUT2D eigenvalue weighted by molar-refractivity contribution is 5.94. The number of nitrogens with zero attached hydrogens (tertiary/aromatic N) is 1. The average molecular weight is 402 g/mol. The van der Waals surface area contributed by atoms with Gasteiger partial charge in [0.1, 0.15) is 0 Å². The van der Waals surface area contributed by atoms with Crippen LogP contribution in [0.3, 0.4) is 0 Å². The van der Waals surface area contributed by atoms with Gasteiger partial charge in [-0.1, -0.05) is 37.6 Å². The number of fused-ring (bicyclic) bond motifs is 2. The molecule has 3 atom stereocenters. The van der Waals surface area contributed by atoms with Crippen LogP contribution in [0.1, 0.15) is 59.2 Å². The Morgan fingerprint density at radius 3 is 2.87 bits per heavy atom. The fourth-order valence-corrected chi connectivity index (χ4v) is 5.56. The van der Waals surface area contributed by atoms with Gasteiger partial charge in [0, 0.05) is 47.2 Å². The number of H-pyrrole nitrogens is 1. The van der Waals surface area contributed by atoms with Gasteiger partial charge in [-0.2, -0.15) is 0 Å². The van der Waals surface area contributed by atoms with E-state index in [0.717, 1.165) is 31.4 Å². The molecule has 2 aliphatic rings. The van der Waals surface area contributed by atoms with Gasteiger partial charge in [0.05, 0.1) is 0 Å². The number of unbranched alkanes of at least 4 members (excludes halogenated alkanes) is 1. The van der Waals surface area contributed by atoms with Crippen molar-refractivity contribution < 1.29 is 4.79 Å². The second kappa shape index (κ2) is 7.92. The van der Waals surface area contributed by atoms with Crippen LogP contribution in [0.4, 0.5) is 0 Å². The monoisotopic (exact) mass is 401 g/mol. The molecular weight excluding hydrogens is 370 g/mol. The van der Waals surface area contributed by atoms with Crippen LogP contribution in [-0.2, 0) is 12.8 Å². The third-order valence-electron chi connectivity index (χ3n) is 7.05. The molecule has 2 N–H and O–H groups in total. The Morgan fingerprint density at radius 1 is 1.23 bits per heavy atom. The number of benzene rings is 2. The van der Waals surface area contributed by atoms with E-state index in [4.69, 9.17) is 0 Å². The minimum atomic E-state index is 0.0347. The first kappa shape index (κ1) is 19.4. The van der Waals surface area contributed by atoms with Crippen molar-refractivity contribution in [2.24, 2.45) is 0 Å². The van der Waals surface area contributed by atoms with Crippen molar-refractivity contribution in [1.29, 1.82) is 0 Å². The Bertz CT molecular complexity index is 1050. The van der Waals surface area contributed by atoms with Crippen LogP contribution in [0, 0.1) is 0 Å². The second-order valence-corrected chi connectivity index (χ2v) is 9.11. The van der Waals surface area contributed by atoms with E-state index in [0.29, 0.717) is 12.0 Å². The zero-order valence-electron chi connectivity index (χ0n) is 17.9. The van der Waals surface area contributed by atoms with Crippen molar-refractivity contribution >= 4 is 16.8 Å². The van der Waals surface area contributed by atoms with Crippen molar-refractivity contribution in [2.75, 3.05) is 13.6 Å². The van der Waals surface area contributed by atoms with Gasteiger partial charge in [0.2, 0.25) is 0 Å². The molecule has 1 aliphatic heterocycles. The zero-order valence-corrected chi connectivity index (χ0v) is 17.9. The summed E-state index contributed by atoms with van der Waals surface area (Å²) in [5.74, 6) is 0.490. The lowest BCUT2D eigenvalue weighted by Crippen LogP contribution is -2.54. The van der Waals surface area contributed by atoms with E-state index in [9.17, 15) is 4.79 Å². The first-order chi connectivity index (χ1) is 14.6. The highest BCUT2D eigenvalue weighted by Crippen LogP contribution is 2.43. The van der Waals surface area contributed by atoms with Crippen molar-refractivity contribution in [2.45, 2.75) is 57.0 Å². The van der Waals surface area contributed by atoms with Crippen molar-refractivity contribution in [3.63, 3.8) is 0 Å². The van der Waals surface area contributed by atoms with Crippen molar-refractivity contribution in [3.8, 4) is 0 Å². The number of piperidine rings is 1. The van der Waals surface area contributed by atoms with Crippen LogP contribution in [0.25, 0.3) is 10.9 Å². The van der Waals surface area contributed by atoms with Crippen molar-refractivity contribution in [1.82, 2.24) is 15.2 Å². The predicted octanol–water partition coefficient (Wildman–Crippen LogP) is 4.65. The summed E-state index contributed by atoms with van der Waals surface area (Å²) in [5.41, 5.74) is 6.39. The molecule has 4 nitrogen and oxygen atoms in total. The second-order valence-electron chi connectivity index (χ2n) is 9.11. The first-order valence-corrected chi connectivity index (χ1v) is 11.3. The molecular formula is C26H31N3O. The van der Waals surface area contributed by atoms with E-state index >= 15 is 0 Å². The number of aryl methyl sites for hydroxylation is 1. The fourth-order valence-electron chi connectivity index (χ4n) is 5.56. The Balaban J connectivity index is 1.44. The summed E-state index contributed by atoms with van der Waals surface area (Å²) in [4.78, 5) is 18.8. The molecule has 5 rings (SSSR count). The first-order valence-electron chi connectivity index (χ1n) is 11.3. The maximum atomic E-state index is 12.8. The van der Waals surface area contributed by atoms with Gasteiger partial charge >= 0.3 is 0 Å². The standard InChI is InChI=1S/C26H31N3O/c1-3-4-8-17-11-22-21-14-20(28-26(30)18-9-6-5-7-10-18)16-29(2)24(21)13-19-15-27-23(12-17)25(19)22/h5-7,9-12,15,20-21,24,27H,3-4,8,13-14,16H2,1-2H3,(H,28,30)/t20?,21-,24-/m1/s1. The minimum Gasteiger partial charge on any atom is -0.361 e. The molecule has 1 aliphatic carbocycles. The molecule has 1 unspecified atom stereocenters. The van der Waals surface area contributed by atoms with Gasteiger partial charge in [0.15, 0.2) is 0 Å². The topological polar surface area (TPSA) is 48.1 Å². The Morgan fingerprint density at radius 2 is 2.07 bits per heavy atom. The molecule has 1 fully saturated rings. The SMILES string of the molecule is CCCCc1cc2c3c(c[nH]c3c1)C[C@@H]1[C@@H]2CC(NC(=O)c2ccccc2)CN1C. The Labute approximate surface area is 178 Å². The number of nitrogens with one attached hydrogen (secondary N) is 2. The van der Waals surface area contributed by atoms with E-state index in [2.05, 4.69) is 47.5 Å². The molecule has 156 valence electrons. The number of hydrogen-bond acceptors (Lipinski definition) is 2. The highest BCUT2D eigenvalue weighted by atomic mass is 16.1. The molecule has 0 spiro atoms. The lowest BCUT2D eigenvalue weighted by atomic mass is 9.73. The number of carbonyl (C=O) groups is 1. The fraction of sp³-hybridized carbons (Fsp3) is 0.423. The molecule has 4 heteroatoms. The van der Waals surface area contributed by atoms with E-state index in [1.54, 1.807) is 0 Å². The van der Waals surface area contributed by atoms with Gasteiger partial charge in [0.25, 0.3) is 5.91 Å². The van der Waals surface area contributed by atoms with Crippen LogP contribution in [-0.4, -0.2) is 41.5 Å². The summed E-state index contributed by atoms with van der Waals surface area (Å²) in [7, 11) is 2.22. The predicted molar refractivity (Wildman–Crippen MR) is 122 cm³/mol. The van der Waals surface area contributed by atoms with E-state index in [1.807, 2.05) is 30.3 Å². The number of aromatic nitrogens is 1. The van der Waals surface area contributed by atoms with Crippen LogP contribution in [0.5, 0.6) is 0 Å². The average Bonchev–Trinajstić information content (AvgIpc) is 3.17. The number of carbonyl (C=O) groups excluding carboxylic acids is 1. The smallest absolute Gasteiger partial charge is 0.251 e. The number of aromatic amines is 1. The zero-order chi connectivity index (χ0) is 20.7. The molecule has 1 aromatic heterocycles. The minimum absolute atomic E-state index is 0.0347. The highest BCUT2D eigenvalue weighted by Gasteiger charge is 2.40. The van der Waals surface area contributed by atoms with Gasteiger partial charge in [-0.3, -0.25) is 4.79 Å². The summed E-state index contributed by atoms with van der Waals surface area (Å²) in [6.45, 7) is 3.15. The summed E-state index contributed by atoms with van der Waals surface area (Å²) in [6, 6.07) is 15.0. The summed E-state index contributed by atoms with van der Waals surface area (Å²) in [6.07, 6.45) is 7.88. The van der Waals surface area contributed by atoms with Crippen LogP contribution in [0.2, 0.25) is 0 Å². The molecule has 2 heterocycles. The van der Waals surface area contributed by atoms with E-state index < -0.39 is 0 Å². The lowest BCUT2D eigenvalue weighted by Gasteiger charge is -2.45. The normalized spacial score (nSPS) is 23.3. The Kier molecular flexibility index (Phi) is 5.11. The molecule has 3 aromatic rings. The Hall–Kier alpha value is -2.59. The number of amides is 1. The number of likely N-dealkylation sites (tertiary alicyclic amines) is 1. The summed E-state index contributed by atoms with van der Waals surface area (Å²) in [5, 5.41) is 4.74. The maximum absolute atomic E-state index is 12.8. The molecule has 2 aromatic carbocycles. The molecule has 0 radical (unpaired) electrons. The van der Waals surface area contributed by atoms with Crippen LogP contribution < -0.4 is 5.32 Å². The van der Waals surface area contributed by atoms with Crippen molar-refractivity contribution in [3.05, 3.63) is 70.9 Å². The van der Waals surface area contributed by atoms with Gasteiger partial charge in [-0.15, -0.1) is 0 Å². The quantitative estimate of drug-likeness (QED) is 0.654. The lowest BCUT2D eigenvalue weighted by molar-refractivity contribution is 0.0853.